The first-order valence-electron chi connectivity index (χ1n) is 1.53. The quantitative estimate of drug-likeness (QED) is 0.550. The van der Waals surface area contributed by atoms with Gasteiger partial charge in [0.25, 0.3) is 0 Å². The molecule has 1 N–H and O–H groups in total. The summed E-state index contributed by atoms with van der Waals surface area (Å²) in [4.78, 5) is 9.60. The third-order valence-corrected chi connectivity index (χ3v) is 0.365. The Balaban J connectivity index is 0. The fraction of sp³-hybridized carbons (Fsp3) is 0.250. The molecule has 0 fully saturated rings. The molecular formula is C4H6CoO2. The van der Waals surface area contributed by atoms with Gasteiger partial charge >= 0.3 is 5.97 Å². The summed E-state index contributed by atoms with van der Waals surface area (Å²) in [5.41, 5.74) is 0.176. The molecule has 0 unspecified atom stereocenters. The fourth-order valence-corrected chi connectivity index (χ4v) is 0. The standard InChI is InChI=1S/C4H6O2.Co/c1-3(2)4(5)6;/h1H2,2H3,(H,5,6);. The maximum atomic E-state index is 9.60. The van der Waals surface area contributed by atoms with Gasteiger partial charge in [-0.25, -0.2) is 4.79 Å². The summed E-state index contributed by atoms with van der Waals surface area (Å²) in [5.74, 6) is -0.935. The van der Waals surface area contributed by atoms with E-state index in [4.69, 9.17) is 5.11 Å². The number of hydrogen-bond acceptors (Lipinski definition) is 1. The maximum Gasteiger partial charge on any atom is 0.330 e. The molecule has 0 aromatic heterocycles. The first-order valence-corrected chi connectivity index (χ1v) is 1.53. The van der Waals surface area contributed by atoms with Gasteiger partial charge in [0, 0.05) is 22.4 Å². The number of aliphatic carboxylic acids is 1. The van der Waals surface area contributed by atoms with Crippen LogP contribution in [0.3, 0.4) is 0 Å². The fourth-order valence-electron chi connectivity index (χ4n) is 0. The molecule has 0 aromatic rings. The van der Waals surface area contributed by atoms with Crippen LogP contribution < -0.4 is 0 Å². The maximum absolute atomic E-state index is 9.60. The predicted octanol–water partition coefficient (Wildman–Crippen LogP) is 0.645. The molecule has 0 aliphatic heterocycles. The van der Waals surface area contributed by atoms with Crippen molar-refractivity contribution in [3.63, 3.8) is 0 Å². The second-order valence-electron chi connectivity index (χ2n) is 1.09. The van der Waals surface area contributed by atoms with E-state index in [0.29, 0.717) is 0 Å². The Morgan fingerprint density at radius 1 is 1.71 bits per heavy atom. The number of carboxylic acids is 1. The Labute approximate surface area is 52.4 Å². The topological polar surface area (TPSA) is 37.3 Å². The Morgan fingerprint density at radius 2 is 1.86 bits per heavy atom. The van der Waals surface area contributed by atoms with E-state index in [1.165, 1.54) is 6.92 Å². The van der Waals surface area contributed by atoms with Crippen LogP contribution in [-0.2, 0) is 21.6 Å². The average molecular weight is 145 g/mol. The van der Waals surface area contributed by atoms with E-state index in [1.54, 1.807) is 0 Å². The second kappa shape index (κ2) is 3.89. The molecule has 0 saturated carbocycles. The largest absolute Gasteiger partial charge is 0.478 e. The SMILES string of the molecule is C=C(C)C(=O)O.[Co]. The van der Waals surface area contributed by atoms with Crippen LogP contribution in [0.2, 0.25) is 0 Å². The zero-order chi connectivity index (χ0) is 5.15. The van der Waals surface area contributed by atoms with Crippen LogP contribution in [0.25, 0.3) is 0 Å². The molecular weight excluding hydrogens is 139 g/mol. The van der Waals surface area contributed by atoms with E-state index < -0.39 is 5.97 Å². The van der Waals surface area contributed by atoms with Crippen molar-refractivity contribution in [1.82, 2.24) is 0 Å². The van der Waals surface area contributed by atoms with E-state index in [9.17, 15) is 4.79 Å². The van der Waals surface area contributed by atoms with Crippen molar-refractivity contribution in [2.75, 3.05) is 0 Å². The van der Waals surface area contributed by atoms with Gasteiger partial charge in [-0.2, -0.15) is 0 Å². The number of rotatable bonds is 1. The summed E-state index contributed by atoms with van der Waals surface area (Å²) in [7, 11) is 0. The summed E-state index contributed by atoms with van der Waals surface area (Å²) in [5, 5.41) is 7.89. The molecule has 0 aliphatic carbocycles. The van der Waals surface area contributed by atoms with E-state index in [0.717, 1.165) is 0 Å². The summed E-state index contributed by atoms with van der Waals surface area (Å²) in [6, 6.07) is 0. The van der Waals surface area contributed by atoms with Crippen LogP contribution >= 0.6 is 0 Å². The van der Waals surface area contributed by atoms with Crippen molar-refractivity contribution < 1.29 is 26.7 Å². The van der Waals surface area contributed by atoms with Gasteiger partial charge in [-0.15, -0.1) is 0 Å². The Hall–Kier alpha value is -0.284. The first kappa shape index (κ1) is 9.87. The molecule has 0 saturated heterocycles. The molecule has 0 aromatic carbocycles. The zero-order valence-electron chi connectivity index (χ0n) is 3.90. The third kappa shape index (κ3) is 5.72. The van der Waals surface area contributed by atoms with E-state index in [1.807, 2.05) is 0 Å². The molecule has 43 valence electrons. The normalized spacial score (nSPS) is 6.43. The minimum absolute atomic E-state index is 0. The van der Waals surface area contributed by atoms with Crippen molar-refractivity contribution in [2.24, 2.45) is 0 Å². The molecule has 0 atom stereocenters. The molecule has 0 aliphatic rings. The number of carboxylic acid groups (broad SMARTS) is 1. The minimum atomic E-state index is -0.935. The van der Waals surface area contributed by atoms with Gasteiger partial charge in [0.1, 0.15) is 0 Å². The summed E-state index contributed by atoms with van der Waals surface area (Å²) < 4.78 is 0. The Morgan fingerprint density at radius 3 is 1.86 bits per heavy atom. The minimum Gasteiger partial charge on any atom is -0.478 e. The van der Waals surface area contributed by atoms with Gasteiger partial charge in [-0.05, 0) is 6.92 Å². The monoisotopic (exact) mass is 145 g/mol. The van der Waals surface area contributed by atoms with Gasteiger partial charge < -0.3 is 5.11 Å². The van der Waals surface area contributed by atoms with Crippen LogP contribution in [0, 0.1) is 0 Å². The summed E-state index contributed by atoms with van der Waals surface area (Å²) in [6.07, 6.45) is 0. The van der Waals surface area contributed by atoms with Crippen LogP contribution in [0.1, 0.15) is 6.92 Å². The zero-order valence-corrected chi connectivity index (χ0v) is 4.94. The van der Waals surface area contributed by atoms with Gasteiger partial charge in [0.2, 0.25) is 0 Å². The van der Waals surface area contributed by atoms with E-state index in [2.05, 4.69) is 6.58 Å². The molecule has 0 amide bonds. The Kier molecular flexibility index (Phi) is 5.48. The molecule has 2 nitrogen and oxygen atoms in total. The van der Waals surface area contributed by atoms with Crippen LogP contribution in [0.15, 0.2) is 12.2 Å². The third-order valence-electron chi connectivity index (χ3n) is 0.365. The molecule has 7 heavy (non-hydrogen) atoms. The van der Waals surface area contributed by atoms with Crippen LogP contribution in [0.5, 0.6) is 0 Å². The van der Waals surface area contributed by atoms with Gasteiger partial charge in [0.15, 0.2) is 0 Å². The molecule has 0 heterocycles. The predicted molar refractivity (Wildman–Crippen MR) is 22.4 cm³/mol. The van der Waals surface area contributed by atoms with Crippen LogP contribution in [-0.4, -0.2) is 11.1 Å². The van der Waals surface area contributed by atoms with Crippen molar-refractivity contribution >= 4 is 5.97 Å². The van der Waals surface area contributed by atoms with Gasteiger partial charge in [0.05, 0.1) is 0 Å². The second-order valence-corrected chi connectivity index (χ2v) is 1.09. The van der Waals surface area contributed by atoms with Crippen molar-refractivity contribution in [2.45, 2.75) is 6.92 Å². The molecule has 0 bridgehead atoms. The molecule has 1 radical (unpaired) electrons. The average Bonchev–Trinajstić information content (AvgIpc) is 1.36. The van der Waals surface area contributed by atoms with Crippen LogP contribution in [0.4, 0.5) is 0 Å². The number of hydrogen-bond donors (Lipinski definition) is 1. The smallest absolute Gasteiger partial charge is 0.330 e. The first-order chi connectivity index (χ1) is 2.64. The van der Waals surface area contributed by atoms with Crippen molar-refractivity contribution in [3.05, 3.63) is 12.2 Å². The molecule has 0 rings (SSSR count). The van der Waals surface area contributed by atoms with Gasteiger partial charge in [-0.3, -0.25) is 0 Å². The van der Waals surface area contributed by atoms with E-state index in [-0.39, 0.29) is 22.4 Å². The summed E-state index contributed by atoms with van der Waals surface area (Å²) in [6.45, 7) is 4.60. The van der Waals surface area contributed by atoms with Crippen molar-refractivity contribution in [1.29, 1.82) is 0 Å². The Bertz CT molecular complexity index is 75.7. The summed E-state index contributed by atoms with van der Waals surface area (Å²) >= 11 is 0. The number of carbonyl (C=O) groups is 1. The van der Waals surface area contributed by atoms with Gasteiger partial charge in [-0.1, -0.05) is 6.58 Å². The molecule has 0 spiro atoms. The van der Waals surface area contributed by atoms with Crippen molar-refractivity contribution in [3.8, 4) is 0 Å². The molecule has 3 heteroatoms. The van der Waals surface area contributed by atoms with E-state index >= 15 is 0 Å².